The molecule has 0 aliphatic heterocycles. The molecule has 0 spiro atoms. The molecule has 150 valence electrons. The fourth-order valence-electron chi connectivity index (χ4n) is 3.66. The lowest BCUT2D eigenvalue weighted by molar-refractivity contribution is -0.113. The van der Waals surface area contributed by atoms with Crippen molar-refractivity contribution in [1.29, 1.82) is 5.26 Å². The van der Waals surface area contributed by atoms with Crippen LogP contribution in [0.4, 0.5) is 5.00 Å². The highest BCUT2D eigenvalue weighted by Crippen LogP contribution is 2.44. The van der Waals surface area contributed by atoms with Crippen LogP contribution in [0.15, 0.2) is 5.16 Å². The maximum Gasteiger partial charge on any atom is 0.235 e. The van der Waals surface area contributed by atoms with Gasteiger partial charge in [0.1, 0.15) is 16.9 Å². The molecule has 8 heteroatoms. The molecule has 3 rings (SSSR count). The molecule has 0 radical (unpaired) electrons. The van der Waals surface area contributed by atoms with Gasteiger partial charge in [-0.15, -0.1) is 21.5 Å². The van der Waals surface area contributed by atoms with Crippen molar-refractivity contribution < 1.29 is 4.79 Å². The number of carbonyl (C=O) groups is 1. The number of thiophene rings is 1. The third kappa shape index (κ3) is 4.26. The predicted octanol–water partition coefficient (Wildman–Crippen LogP) is 4.42. The molecule has 1 amide bonds. The van der Waals surface area contributed by atoms with Crippen molar-refractivity contribution in [3.8, 4) is 6.07 Å². The second kappa shape index (κ2) is 8.26. The van der Waals surface area contributed by atoms with Crippen LogP contribution in [0, 0.1) is 29.6 Å². The zero-order valence-corrected chi connectivity index (χ0v) is 18.8. The van der Waals surface area contributed by atoms with Gasteiger partial charge in [-0.1, -0.05) is 32.5 Å². The topological polar surface area (TPSA) is 83.6 Å². The van der Waals surface area contributed by atoms with Crippen LogP contribution in [0.2, 0.25) is 0 Å². The van der Waals surface area contributed by atoms with E-state index in [1.165, 1.54) is 16.6 Å². The molecule has 2 heterocycles. The Morgan fingerprint density at radius 2 is 2.18 bits per heavy atom. The first-order valence-corrected chi connectivity index (χ1v) is 11.4. The third-order valence-electron chi connectivity index (χ3n) is 5.41. The fourth-order valence-corrected chi connectivity index (χ4v) is 5.80. The molecule has 0 unspecified atom stereocenters. The number of anilines is 1. The quantitative estimate of drug-likeness (QED) is 0.728. The minimum Gasteiger partial charge on any atom is -0.316 e. The number of fused-ring (bicyclic) bond motifs is 1. The number of amides is 1. The Labute approximate surface area is 174 Å². The monoisotopic (exact) mass is 417 g/mol. The van der Waals surface area contributed by atoms with Crippen molar-refractivity contribution in [2.45, 2.75) is 65.6 Å². The van der Waals surface area contributed by atoms with Crippen molar-refractivity contribution >= 4 is 34.0 Å². The Morgan fingerprint density at radius 3 is 2.82 bits per heavy atom. The summed E-state index contributed by atoms with van der Waals surface area (Å²) in [6, 6.07) is 2.32. The highest BCUT2D eigenvalue weighted by molar-refractivity contribution is 7.99. The van der Waals surface area contributed by atoms with E-state index in [2.05, 4.69) is 42.4 Å². The first-order valence-electron chi connectivity index (χ1n) is 9.61. The van der Waals surface area contributed by atoms with Gasteiger partial charge in [-0.25, -0.2) is 0 Å². The lowest BCUT2D eigenvalue weighted by Gasteiger charge is -2.33. The molecule has 0 saturated heterocycles. The molecular formula is C20H27N5OS2. The van der Waals surface area contributed by atoms with Gasteiger partial charge >= 0.3 is 0 Å². The van der Waals surface area contributed by atoms with Gasteiger partial charge in [0.15, 0.2) is 5.16 Å². The van der Waals surface area contributed by atoms with Gasteiger partial charge in [0.05, 0.1) is 11.3 Å². The van der Waals surface area contributed by atoms with Crippen molar-refractivity contribution in [3.05, 3.63) is 21.8 Å². The zero-order valence-electron chi connectivity index (χ0n) is 17.1. The van der Waals surface area contributed by atoms with E-state index in [-0.39, 0.29) is 17.1 Å². The van der Waals surface area contributed by atoms with Crippen LogP contribution in [0.5, 0.6) is 0 Å². The second-order valence-electron chi connectivity index (χ2n) is 8.24. The zero-order chi connectivity index (χ0) is 20.5. The van der Waals surface area contributed by atoms with E-state index in [4.69, 9.17) is 0 Å². The number of hydrogen-bond acceptors (Lipinski definition) is 6. The second-order valence-corrected chi connectivity index (χ2v) is 10.3. The number of carbonyl (C=O) groups excluding carboxylic acids is 1. The Hall–Kier alpha value is -1.85. The molecule has 1 N–H and O–H groups in total. The minimum atomic E-state index is -0.115. The average molecular weight is 418 g/mol. The first kappa shape index (κ1) is 20.9. The number of aryl methyl sites for hydroxylation is 1. The molecular weight excluding hydrogens is 390 g/mol. The van der Waals surface area contributed by atoms with E-state index in [1.54, 1.807) is 11.3 Å². The number of aromatic nitrogens is 3. The highest BCUT2D eigenvalue weighted by Gasteiger charge is 2.32. The summed E-state index contributed by atoms with van der Waals surface area (Å²) in [4.78, 5) is 13.8. The minimum absolute atomic E-state index is 0.115. The smallest absolute Gasteiger partial charge is 0.235 e. The number of nitrogens with one attached hydrogen (secondary N) is 1. The lowest BCUT2D eigenvalue weighted by atomic mass is 9.72. The van der Waals surface area contributed by atoms with Crippen molar-refractivity contribution in [3.63, 3.8) is 0 Å². The summed E-state index contributed by atoms with van der Waals surface area (Å²) >= 11 is 2.94. The summed E-state index contributed by atoms with van der Waals surface area (Å²) in [5.74, 6) is 1.58. The van der Waals surface area contributed by atoms with Gasteiger partial charge in [0, 0.05) is 11.4 Å². The molecule has 1 aliphatic rings. The molecule has 0 aromatic carbocycles. The van der Waals surface area contributed by atoms with Crippen molar-refractivity contribution in [2.75, 3.05) is 11.1 Å². The molecule has 0 fully saturated rings. The van der Waals surface area contributed by atoms with Crippen molar-refractivity contribution in [1.82, 2.24) is 14.8 Å². The molecule has 1 atom stereocenters. The standard InChI is InChI=1S/C20H27N5OS2/c1-6-25-12(2)23-24-19(25)27-11-17(26)22-18-15(10-21)14-8-7-13(20(3,4)5)9-16(14)28-18/h13H,6-9,11H2,1-5H3,(H,22,26)/t13-/m1/s1. The lowest BCUT2D eigenvalue weighted by Crippen LogP contribution is -2.26. The van der Waals surface area contributed by atoms with Crippen LogP contribution in [0.25, 0.3) is 0 Å². The summed E-state index contributed by atoms with van der Waals surface area (Å²) in [6.45, 7) is 11.5. The van der Waals surface area contributed by atoms with E-state index in [0.29, 0.717) is 16.5 Å². The molecule has 2 aromatic rings. The van der Waals surface area contributed by atoms with E-state index in [1.807, 2.05) is 18.4 Å². The Kier molecular flexibility index (Phi) is 6.15. The molecule has 6 nitrogen and oxygen atoms in total. The third-order valence-corrected chi connectivity index (χ3v) is 7.54. The average Bonchev–Trinajstić information content (AvgIpc) is 3.17. The van der Waals surface area contributed by atoms with Crippen LogP contribution in [-0.2, 0) is 24.2 Å². The first-order chi connectivity index (χ1) is 13.2. The fraction of sp³-hybridized carbons (Fsp3) is 0.600. The summed E-state index contributed by atoms with van der Waals surface area (Å²) < 4.78 is 1.98. The van der Waals surface area contributed by atoms with Crippen LogP contribution in [0.1, 0.15) is 55.9 Å². The largest absolute Gasteiger partial charge is 0.316 e. The van der Waals surface area contributed by atoms with Crippen molar-refractivity contribution in [2.24, 2.45) is 11.3 Å². The maximum absolute atomic E-state index is 12.5. The number of nitriles is 1. The number of hydrogen-bond donors (Lipinski definition) is 1. The van der Waals surface area contributed by atoms with E-state index in [9.17, 15) is 10.1 Å². The number of nitrogens with zero attached hydrogens (tertiary/aromatic N) is 4. The van der Waals surface area contributed by atoms with Crippen LogP contribution in [-0.4, -0.2) is 26.4 Å². The van der Waals surface area contributed by atoms with Crippen LogP contribution < -0.4 is 5.32 Å². The Bertz CT molecular complexity index is 916. The van der Waals surface area contributed by atoms with Gasteiger partial charge in [-0.05, 0) is 50.0 Å². The summed E-state index contributed by atoms with van der Waals surface area (Å²) in [6.07, 6.45) is 3.00. The Morgan fingerprint density at radius 1 is 1.43 bits per heavy atom. The van der Waals surface area contributed by atoms with Gasteiger partial charge in [0.2, 0.25) is 5.91 Å². The van der Waals surface area contributed by atoms with Gasteiger partial charge in [0.25, 0.3) is 0 Å². The van der Waals surface area contributed by atoms with Gasteiger partial charge in [-0.3, -0.25) is 4.79 Å². The normalized spacial score (nSPS) is 16.5. The van der Waals surface area contributed by atoms with Crippen LogP contribution in [0.3, 0.4) is 0 Å². The molecule has 1 aliphatic carbocycles. The maximum atomic E-state index is 12.5. The summed E-state index contributed by atoms with van der Waals surface area (Å²) in [5, 5.41) is 22.3. The summed E-state index contributed by atoms with van der Waals surface area (Å²) in [5.41, 5.74) is 2.04. The molecule has 0 saturated carbocycles. The van der Waals surface area contributed by atoms with E-state index in [0.717, 1.165) is 42.4 Å². The summed E-state index contributed by atoms with van der Waals surface area (Å²) in [7, 11) is 0. The number of rotatable bonds is 5. The molecule has 28 heavy (non-hydrogen) atoms. The Balaban J connectivity index is 1.70. The van der Waals surface area contributed by atoms with E-state index < -0.39 is 0 Å². The predicted molar refractivity (Wildman–Crippen MR) is 114 cm³/mol. The number of thioether (sulfide) groups is 1. The molecule has 2 aromatic heterocycles. The highest BCUT2D eigenvalue weighted by atomic mass is 32.2. The molecule has 0 bridgehead atoms. The van der Waals surface area contributed by atoms with Gasteiger partial charge in [-0.2, -0.15) is 5.26 Å². The van der Waals surface area contributed by atoms with E-state index >= 15 is 0 Å². The SMILES string of the molecule is CCn1c(C)nnc1SCC(=O)Nc1sc2c(c1C#N)CC[C@@H](C(C)(C)C)C2. The van der Waals surface area contributed by atoms with Gasteiger partial charge < -0.3 is 9.88 Å². The van der Waals surface area contributed by atoms with Crippen LogP contribution >= 0.6 is 23.1 Å².